The topological polar surface area (TPSA) is 130 Å². The molecule has 0 aromatic carbocycles. The van der Waals surface area contributed by atoms with Crippen molar-refractivity contribution in [1.82, 2.24) is 25.1 Å². The molecule has 4 rings (SSSR count). The Bertz CT molecular complexity index is 1350. The van der Waals surface area contributed by atoms with E-state index in [1.165, 1.54) is 23.1 Å². The van der Waals surface area contributed by atoms with Gasteiger partial charge >= 0.3 is 0 Å². The molecule has 0 saturated carbocycles. The molecule has 1 amide bonds. The van der Waals surface area contributed by atoms with Crippen molar-refractivity contribution in [2.75, 3.05) is 37.0 Å². The molecule has 3 aromatic rings. The van der Waals surface area contributed by atoms with Gasteiger partial charge in [0, 0.05) is 31.8 Å². The highest BCUT2D eigenvalue weighted by atomic mass is 32.1. The molecule has 2 N–H and O–H groups in total. The minimum Gasteiger partial charge on any atom is -0.382 e. The number of hydrogen-bond acceptors (Lipinski definition) is 10. The first-order chi connectivity index (χ1) is 18.6. The van der Waals surface area contributed by atoms with Gasteiger partial charge in [0.25, 0.3) is 5.91 Å². The monoisotopic (exact) mass is 568 g/mol. The number of thiazole rings is 1. The third kappa shape index (κ3) is 6.96. The summed E-state index contributed by atoms with van der Waals surface area (Å²) in [6.07, 6.45) is 1.87. The molecule has 0 spiro atoms. The summed E-state index contributed by atoms with van der Waals surface area (Å²) in [6.45, 7) is 9.27. The Morgan fingerprint density at radius 1 is 1.28 bits per heavy atom. The summed E-state index contributed by atoms with van der Waals surface area (Å²) in [7, 11) is 1.53. The molecule has 0 unspecified atom stereocenters. The number of nitrogens with zero attached hydrogens (tertiary/aromatic N) is 6. The molecule has 39 heavy (non-hydrogen) atoms. The molecular weight excluding hydrogens is 536 g/mol. The van der Waals surface area contributed by atoms with E-state index < -0.39 is 17.5 Å². The van der Waals surface area contributed by atoms with E-state index in [0.717, 1.165) is 30.3 Å². The summed E-state index contributed by atoms with van der Waals surface area (Å²) in [6, 6.07) is 8.99. The molecule has 3 atom stereocenters. The van der Waals surface area contributed by atoms with Gasteiger partial charge in [-0.3, -0.25) is 9.48 Å². The zero-order valence-electron chi connectivity index (χ0n) is 22.5. The second kappa shape index (κ2) is 12.2. The van der Waals surface area contributed by atoms with Crippen LogP contribution in [-0.4, -0.2) is 75.7 Å². The summed E-state index contributed by atoms with van der Waals surface area (Å²) >= 11 is 6.98. The number of hydrogen-bond donors (Lipinski definition) is 2. The lowest BCUT2D eigenvalue weighted by Crippen LogP contribution is -2.46. The molecule has 4 heterocycles. The maximum atomic E-state index is 12.9. The van der Waals surface area contributed by atoms with Crippen LogP contribution in [0.25, 0.3) is 11.4 Å². The van der Waals surface area contributed by atoms with Crippen LogP contribution in [0, 0.1) is 11.3 Å². The molecule has 0 bridgehead atoms. The quantitative estimate of drug-likeness (QED) is 0.370. The number of anilines is 2. The fourth-order valence-electron chi connectivity index (χ4n) is 4.14. The van der Waals surface area contributed by atoms with Gasteiger partial charge in [-0.05, 0) is 45.9 Å². The van der Waals surface area contributed by atoms with Crippen molar-refractivity contribution in [1.29, 1.82) is 5.26 Å². The smallest absolute Gasteiger partial charge is 0.272 e. The summed E-state index contributed by atoms with van der Waals surface area (Å²) in [5.41, 5.74) is 0.775. The molecule has 1 aliphatic heterocycles. The molecule has 13 heteroatoms. The molecule has 11 nitrogen and oxygen atoms in total. The Balaban J connectivity index is 1.42. The van der Waals surface area contributed by atoms with E-state index in [0.29, 0.717) is 10.1 Å². The predicted octanol–water partition coefficient (Wildman–Crippen LogP) is 3.46. The number of nitrogens with one attached hydrogen (secondary N) is 2. The van der Waals surface area contributed by atoms with Crippen molar-refractivity contribution in [2.24, 2.45) is 0 Å². The van der Waals surface area contributed by atoms with Crippen molar-refractivity contribution < 1.29 is 14.3 Å². The first kappa shape index (κ1) is 28.6. The standard InChI is InChI=1S/C26H32N8O3S2/c1-16-11-33(12-17(2)37-16)22-8-6-7-18(28-22)21-14-39-25(30-21)31-24(38)20(13-36-5)29-23(35)19-9-10-34(32-19)26(3,4)15-27/h6-10,14,16-17,20H,11-13H2,1-5H3,(H,29,35)(H,30,31,38)/t16-,17+,20-/m0/s1. The van der Waals surface area contributed by atoms with Gasteiger partial charge in [-0.2, -0.15) is 10.4 Å². The first-order valence-corrected chi connectivity index (χ1v) is 13.8. The van der Waals surface area contributed by atoms with Crippen LogP contribution in [0.1, 0.15) is 38.2 Å². The number of pyridine rings is 1. The van der Waals surface area contributed by atoms with Gasteiger partial charge in [-0.15, -0.1) is 11.3 Å². The van der Waals surface area contributed by atoms with Crippen LogP contribution in [-0.2, 0) is 15.0 Å². The average Bonchev–Trinajstić information content (AvgIpc) is 3.59. The molecule has 1 fully saturated rings. The largest absolute Gasteiger partial charge is 0.382 e. The predicted molar refractivity (Wildman–Crippen MR) is 154 cm³/mol. The number of nitriles is 1. The van der Waals surface area contributed by atoms with E-state index in [4.69, 9.17) is 26.7 Å². The van der Waals surface area contributed by atoms with Crippen LogP contribution < -0.4 is 15.5 Å². The second-order valence-electron chi connectivity index (χ2n) is 9.87. The second-order valence-corrected chi connectivity index (χ2v) is 11.2. The van der Waals surface area contributed by atoms with Crippen LogP contribution in [0.5, 0.6) is 0 Å². The van der Waals surface area contributed by atoms with E-state index in [2.05, 4.69) is 45.5 Å². The lowest BCUT2D eigenvalue weighted by Gasteiger charge is -2.36. The number of carbonyl (C=O) groups is 1. The summed E-state index contributed by atoms with van der Waals surface area (Å²) < 4.78 is 12.6. The highest BCUT2D eigenvalue weighted by Crippen LogP contribution is 2.27. The van der Waals surface area contributed by atoms with Crippen molar-refractivity contribution in [3.05, 3.63) is 41.5 Å². The minimum atomic E-state index is -0.878. The van der Waals surface area contributed by atoms with E-state index in [9.17, 15) is 10.1 Å². The molecule has 1 aliphatic rings. The Labute approximate surface area is 237 Å². The third-order valence-electron chi connectivity index (χ3n) is 6.10. The van der Waals surface area contributed by atoms with Gasteiger partial charge in [-0.1, -0.05) is 18.3 Å². The number of amides is 1. The summed E-state index contributed by atoms with van der Waals surface area (Å²) in [5, 5.41) is 22.0. The molecule has 0 aliphatic carbocycles. The van der Waals surface area contributed by atoms with Crippen molar-refractivity contribution in [2.45, 2.75) is 51.5 Å². The zero-order chi connectivity index (χ0) is 28.2. The van der Waals surface area contributed by atoms with Crippen LogP contribution in [0.2, 0.25) is 0 Å². The summed E-state index contributed by atoms with van der Waals surface area (Å²) in [4.78, 5) is 24.9. The number of aromatic nitrogens is 4. The third-order valence-corrected chi connectivity index (χ3v) is 7.24. The highest BCUT2D eigenvalue weighted by molar-refractivity contribution is 7.80. The highest BCUT2D eigenvalue weighted by Gasteiger charge is 2.25. The number of thiocarbonyl (C=S) groups is 1. The minimum absolute atomic E-state index is 0.135. The van der Waals surface area contributed by atoms with E-state index in [1.807, 2.05) is 23.6 Å². The number of morpholine rings is 1. The van der Waals surface area contributed by atoms with E-state index in [-0.39, 0.29) is 24.5 Å². The van der Waals surface area contributed by atoms with Crippen molar-refractivity contribution in [3.63, 3.8) is 0 Å². The number of rotatable bonds is 9. The van der Waals surface area contributed by atoms with E-state index >= 15 is 0 Å². The molecule has 0 radical (unpaired) electrons. The van der Waals surface area contributed by atoms with Gasteiger partial charge in [-0.25, -0.2) is 9.97 Å². The maximum Gasteiger partial charge on any atom is 0.272 e. The lowest BCUT2D eigenvalue weighted by atomic mass is 10.1. The van der Waals surface area contributed by atoms with Gasteiger partial charge < -0.3 is 25.0 Å². The van der Waals surface area contributed by atoms with Gasteiger partial charge in [0.2, 0.25) is 0 Å². The number of ether oxygens (including phenoxy) is 2. The number of carbonyl (C=O) groups excluding carboxylic acids is 1. The van der Waals surface area contributed by atoms with Gasteiger partial charge in [0.05, 0.1) is 30.6 Å². The van der Waals surface area contributed by atoms with Crippen LogP contribution >= 0.6 is 23.6 Å². The van der Waals surface area contributed by atoms with E-state index in [1.54, 1.807) is 26.1 Å². The fourth-order valence-corrected chi connectivity index (χ4v) is 5.14. The van der Waals surface area contributed by atoms with Gasteiger partial charge in [0.15, 0.2) is 5.13 Å². The van der Waals surface area contributed by atoms with Crippen molar-refractivity contribution in [3.8, 4) is 17.5 Å². The lowest BCUT2D eigenvalue weighted by molar-refractivity contribution is -0.00545. The Hall–Kier alpha value is -3.44. The maximum absolute atomic E-state index is 12.9. The molecular formula is C26H32N8O3S2. The van der Waals surface area contributed by atoms with Gasteiger partial charge in [0.1, 0.15) is 33.8 Å². The summed E-state index contributed by atoms with van der Waals surface area (Å²) in [5.74, 6) is 0.456. The SMILES string of the molecule is COC[C@H](NC(=O)c1ccn(C(C)(C)C#N)n1)C(=S)Nc1nc(-c2cccc(N3C[C@@H](C)O[C@@H](C)C3)n2)cs1. The normalized spacial score (nSPS) is 18.3. The molecule has 3 aromatic heterocycles. The van der Waals surface area contributed by atoms with Crippen molar-refractivity contribution >= 4 is 45.4 Å². The van der Waals surface area contributed by atoms with Crippen LogP contribution in [0.15, 0.2) is 35.8 Å². The average molecular weight is 569 g/mol. The Morgan fingerprint density at radius 2 is 2.03 bits per heavy atom. The fraction of sp³-hybridized carbons (Fsp3) is 0.462. The molecule has 206 valence electrons. The Morgan fingerprint density at radius 3 is 2.72 bits per heavy atom. The Kier molecular flexibility index (Phi) is 8.91. The van der Waals surface area contributed by atoms with Crippen LogP contribution in [0.3, 0.4) is 0 Å². The number of methoxy groups -OCH3 is 1. The zero-order valence-corrected chi connectivity index (χ0v) is 24.2. The molecule has 1 saturated heterocycles. The van der Waals surface area contributed by atoms with Crippen LogP contribution in [0.4, 0.5) is 10.9 Å². The first-order valence-electron chi connectivity index (χ1n) is 12.5.